The quantitative estimate of drug-likeness (QED) is 0.366. The summed E-state index contributed by atoms with van der Waals surface area (Å²) in [6.45, 7) is 7.76. The van der Waals surface area contributed by atoms with Gasteiger partial charge in [-0.05, 0) is 31.2 Å². The maximum Gasteiger partial charge on any atom is 0.128 e. The summed E-state index contributed by atoms with van der Waals surface area (Å²) >= 11 is 0. The third kappa shape index (κ3) is 4.68. The lowest BCUT2D eigenvalue weighted by Crippen LogP contribution is -2.36. The van der Waals surface area contributed by atoms with Crippen molar-refractivity contribution in [2.45, 2.75) is 6.92 Å². The number of nitrogens with zero attached hydrogens (tertiary/aromatic N) is 6. The first-order valence-corrected chi connectivity index (χ1v) is 12.6. The predicted octanol–water partition coefficient (Wildman–Crippen LogP) is 4.70. The first-order valence-electron chi connectivity index (χ1n) is 12.6. The van der Waals surface area contributed by atoms with Crippen LogP contribution in [-0.4, -0.2) is 67.6 Å². The molecule has 9 heteroatoms. The van der Waals surface area contributed by atoms with Gasteiger partial charge in [-0.3, -0.25) is 4.98 Å². The lowest BCUT2D eigenvalue weighted by Gasteiger charge is -2.29. The fourth-order valence-electron chi connectivity index (χ4n) is 4.98. The van der Waals surface area contributed by atoms with Crippen LogP contribution in [0.3, 0.4) is 0 Å². The minimum Gasteiger partial charge on any atom is -0.378 e. The molecule has 0 amide bonds. The zero-order valence-corrected chi connectivity index (χ0v) is 20.8. The number of hydrogen-bond acceptors (Lipinski definition) is 8. The third-order valence-corrected chi connectivity index (χ3v) is 6.97. The Morgan fingerprint density at radius 3 is 2.32 bits per heavy atom. The molecule has 0 radical (unpaired) electrons. The minimum absolute atomic E-state index is 0.371. The number of fused-ring (bicyclic) bond motifs is 1. The molecule has 4 aromatic rings. The van der Waals surface area contributed by atoms with Gasteiger partial charge in [0.15, 0.2) is 0 Å². The number of anilines is 4. The monoisotopic (exact) mass is 500 g/mol. The molecule has 1 aromatic carbocycles. The molecule has 0 bridgehead atoms. The van der Waals surface area contributed by atoms with E-state index in [1.807, 2.05) is 55.6 Å². The first-order chi connectivity index (χ1) is 18.2. The Kier molecular flexibility index (Phi) is 6.55. The van der Waals surface area contributed by atoms with Gasteiger partial charge in [-0.25, -0.2) is 9.97 Å². The number of para-hydroxylation sites is 1. The average molecular weight is 501 g/mol. The van der Waals surface area contributed by atoms with E-state index in [1.165, 1.54) is 0 Å². The van der Waals surface area contributed by atoms with Gasteiger partial charge in [-0.1, -0.05) is 22.7 Å². The van der Waals surface area contributed by atoms with E-state index >= 15 is 4.48 Å². The summed E-state index contributed by atoms with van der Waals surface area (Å²) < 4.78 is 27.2. The number of hydrogen-bond donors (Lipinski definition) is 0. The van der Waals surface area contributed by atoms with Crippen LogP contribution in [0, 0.1) is 6.92 Å². The molecule has 0 spiro atoms. The van der Waals surface area contributed by atoms with Gasteiger partial charge in [0.05, 0.1) is 67.1 Å². The van der Waals surface area contributed by atoms with Gasteiger partial charge >= 0.3 is 0 Å². The highest BCUT2D eigenvalue weighted by atomic mass is 19.2. The largest absolute Gasteiger partial charge is 0.378 e. The Balaban J connectivity index is 1.39. The summed E-state index contributed by atoms with van der Waals surface area (Å²) in [5.41, 5.74) is 4.70. The van der Waals surface area contributed by atoms with Crippen LogP contribution in [0.15, 0.2) is 61.1 Å². The third-order valence-electron chi connectivity index (χ3n) is 6.97. The topological polar surface area (TPSA) is 66.9 Å². The molecule has 0 aliphatic carbocycles. The highest BCUT2D eigenvalue weighted by molar-refractivity contribution is 5.98. The van der Waals surface area contributed by atoms with E-state index in [0.717, 1.165) is 64.8 Å². The Labute approximate surface area is 215 Å². The van der Waals surface area contributed by atoms with E-state index in [0.29, 0.717) is 43.5 Å². The van der Waals surface area contributed by atoms with E-state index in [1.54, 1.807) is 12.4 Å². The zero-order valence-electron chi connectivity index (χ0n) is 20.8. The van der Waals surface area contributed by atoms with E-state index in [-0.39, 0.29) is 0 Å². The number of rotatable bonds is 5. The number of pyridine rings is 3. The summed E-state index contributed by atoms with van der Waals surface area (Å²) in [6, 6.07) is 13.5. The second kappa shape index (κ2) is 10.3. The number of halogens is 1. The van der Waals surface area contributed by atoms with Gasteiger partial charge < -0.3 is 19.3 Å². The van der Waals surface area contributed by atoms with Gasteiger partial charge in [0.2, 0.25) is 0 Å². The fraction of sp³-hybridized carbons (Fsp3) is 0.321. The molecule has 2 saturated heterocycles. The molecule has 0 atom stereocenters. The molecule has 2 aliphatic heterocycles. The van der Waals surface area contributed by atoms with Crippen molar-refractivity contribution in [2.75, 3.05) is 67.5 Å². The molecule has 2 aliphatic rings. The fourth-order valence-corrected chi connectivity index (χ4v) is 4.98. The number of ether oxygens (including phenoxy) is 2. The van der Waals surface area contributed by atoms with Crippen LogP contribution in [0.4, 0.5) is 27.4 Å². The summed E-state index contributed by atoms with van der Waals surface area (Å²) in [4.78, 5) is 18.3. The average Bonchev–Trinajstić information content (AvgIpc) is 2.98. The molecule has 0 saturated carbocycles. The SMILES string of the molecule is Cc1c(-c2ccc(N3CCOCC3)nc2)nc2ccccc2c1N(F)c1cncc(N2CCOCC2)c1. The highest BCUT2D eigenvalue weighted by Crippen LogP contribution is 2.40. The predicted molar refractivity (Wildman–Crippen MR) is 143 cm³/mol. The second-order valence-electron chi connectivity index (χ2n) is 9.24. The van der Waals surface area contributed by atoms with Gasteiger partial charge in [0.25, 0.3) is 0 Å². The molecule has 6 rings (SSSR count). The second-order valence-corrected chi connectivity index (χ2v) is 9.24. The summed E-state index contributed by atoms with van der Waals surface area (Å²) in [7, 11) is 0. The van der Waals surface area contributed by atoms with Crippen LogP contribution in [0.25, 0.3) is 22.2 Å². The van der Waals surface area contributed by atoms with Crippen LogP contribution < -0.4 is 14.9 Å². The molecule has 37 heavy (non-hydrogen) atoms. The van der Waals surface area contributed by atoms with Crippen molar-refractivity contribution in [3.05, 3.63) is 66.6 Å². The Morgan fingerprint density at radius 2 is 1.59 bits per heavy atom. The summed E-state index contributed by atoms with van der Waals surface area (Å²) in [6.07, 6.45) is 5.14. The van der Waals surface area contributed by atoms with E-state index in [4.69, 9.17) is 19.4 Å². The van der Waals surface area contributed by atoms with Crippen molar-refractivity contribution in [1.82, 2.24) is 15.0 Å². The standard InChI is InChI=1S/C28H29FN6O2/c1-20-27(21-6-7-26(31-17-21)34-10-14-37-15-11-34)32-25-5-3-2-4-24(25)28(20)35(29)23-16-22(18-30-19-23)33-8-12-36-13-9-33/h2-7,16-19H,8-15H2,1H3. The lowest BCUT2D eigenvalue weighted by molar-refractivity contribution is 0.122. The van der Waals surface area contributed by atoms with Gasteiger partial charge in [-0.2, -0.15) is 5.12 Å². The molecular formula is C28H29FN6O2. The maximum absolute atomic E-state index is 16.3. The number of aromatic nitrogens is 3. The molecule has 190 valence electrons. The first kappa shape index (κ1) is 23.6. The normalized spacial score (nSPS) is 16.3. The molecule has 5 heterocycles. The van der Waals surface area contributed by atoms with E-state index in [9.17, 15) is 0 Å². The van der Waals surface area contributed by atoms with Crippen molar-refractivity contribution < 1.29 is 14.0 Å². The number of morpholine rings is 2. The maximum atomic E-state index is 16.3. The van der Waals surface area contributed by atoms with Crippen LogP contribution in [0.5, 0.6) is 0 Å². The highest BCUT2D eigenvalue weighted by Gasteiger charge is 2.22. The van der Waals surface area contributed by atoms with Crippen molar-refractivity contribution in [2.24, 2.45) is 0 Å². The van der Waals surface area contributed by atoms with Crippen LogP contribution in [0.1, 0.15) is 5.56 Å². The van der Waals surface area contributed by atoms with Crippen molar-refractivity contribution in [3.8, 4) is 11.3 Å². The molecule has 0 unspecified atom stereocenters. The smallest absolute Gasteiger partial charge is 0.128 e. The minimum atomic E-state index is 0.371. The number of benzene rings is 1. The molecule has 8 nitrogen and oxygen atoms in total. The molecular weight excluding hydrogens is 471 g/mol. The molecule has 2 fully saturated rings. The summed E-state index contributed by atoms with van der Waals surface area (Å²) in [5.74, 6) is 0.906. The summed E-state index contributed by atoms with van der Waals surface area (Å²) in [5, 5.41) is 1.47. The van der Waals surface area contributed by atoms with Crippen molar-refractivity contribution >= 4 is 33.8 Å². The Hall–Kier alpha value is -3.82. The Bertz CT molecular complexity index is 1390. The van der Waals surface area contributed by atoms with Gasteiger partial charge in [0, 0.05) is 48.9 Å². The van der Waals surface area contributed by atoms with Crippen LogP contribution >= 0.6 is 0 Å². The zero-order chi connectivity index (χ0) is 25.2. The lowest BCUT2D eigenvalue weighted by atomic mass is 10.0. The molecule has 0 N–H and O–H groups in total. The Morgan fingerprint density at radius 1 is 0.865 bits per heavy atom. The van der Waals surface area contributed by atoms with Crippen LogP contribution in [0.2, 0.25) is 0 Å². The van der Waals surface area contributed by atoms with Crippen molar-refractivity contribution in [3.63, 3.8) is 0 Å². The molecule has 3 aromatic heterocycles. The van der Waals surface area contributed by atoms with Gasteiger partial charge in [-0.15, -0.1) is 0 Å². The van der Waals surface area contributed by atoms with E-state index in [2.05, 4.69) is 14.8 Å². The van der Waals surface area contributed by atoms with E-state index < -0.39 is 0 Å². The van der Waals surface area contributed by atoms with Crippen LogP contribution in [-0.2, 0) is 9.47 Å². The van der Waals surface area contributed by atoms with Crippen molar-refractivity contribution in [1.29, 1.82) is 0 Å². The van der Waals surface area contributed by atoms with Gasteiger partial charge in [0.1, 0.15) is 5.82 Å².